The van der Waals surface area contributed by atoms with E-state index in [9.17, 15) is 13.2 Å². The first-order valence-corrected chi connectivity index (χ1v) is 13.3. The Hall–Kier alpha value is -2.87. The van der Waals surface area contributed by atoms with Gasteiger partial charge in [-0.1, -0.05) is 41.9 Å². The number of sulfonamides is 1. The topological polar surface area (TPSA) is 66.5 Å². The average Bonchev–Trinajstić information content (AvgIpc) is 3.18. The van der Waals surface area contributed by atoms with Crippen LogP contribution in [0.3, 0.4) is 0 Å². The first kappa shape index (κ1) is 23.3. The van der Waals surface area contributed by atoms with Crippen LogP contribution in [0.25, 0.3) is 10.1 Å². The van der Waals surface area contributed by atoms with Crippen molar-refractivity contribution in [3.05, 3.63) is 93.3 Å². The molecule has 33 heavy (non-hydrogen) atoms. The van der Waals surface area contributed by atoms with Crippen molar-refractivity contribution in [2.75, 3.05) is 15.9 Å². The molecule has 0 bridgehead atoms. The van der Waals surface area contributed by atoms with Gasteiger partial charge in [0, 0.05) is 15.4 Å². The van der Waals surface area contributed by atoms with Crippen molar-refractivity contribution in [3.8, 4) is 0 Å². The summed E-state index contributed by atoms with van der Waals surface area (Å²) in [4.78, 5) is 13.5. The summed E-state index contributed by atoms with van der Waals surface area (Å²) >= 11 is 7.33. The van der Waals surface area contributed by atoms with E-state index in [4.69, 9.17) is 11.6 Å². The van der Waals surface area contributed by atoms with Crippen LogP contribution in [0.4, 0.5) is 11.4 Å². The number of anilines is 2. The molecule has 0 aliphatic rings. The Kier molecular flexibility index (Phi) is 6.47. The van der Waals surface area contributed by atoms with Crippen LogP contribution in [0.15, 0.2) is 66.7 Å². The van der Waals surface area contributed by atoms with Crippen LogP contribution >= 0.6 is 22.9 Å². The minimum Gasteiger partial charge on any atom is -0.321 e. The van der Waals surface area contributed by atoms with Crippen molar-refractivity contribution in [1.29, 1.82) is 0 Å². The van der Waals surface area contributed by atoms with Gasteiger partial charge in [-0.25, -0.2) is 8.42 Å². The van der Waals surface area contributed by atoms with E-state index in [0.717, 1.165) is 32.5 Å². The Balaban J connectivity index is 1.64. The maximum atomic E-state index is 12.9. The van der Waals surface area contributed by atoms with Crippen molar-refractivity contribution in [2.45, 2.75) is 20.4 Å². The standard InChI is InChI=1S/C25H23ClN2O3S2/c1-16-5-4-6-17(2)24(16)27-25(29)23-14-19-13-21(11-12-22(19)32-23)28(33(3,30)31)15-18-7-9-20(26)10-8-18/h4-14H,15H2,1-3H3,(H,27,29). The molecular weight excluding hydrogens is 476 g/mol. The molecule has 1 aromatic heterocycles. The van der Waals surface area contributed by atoms with Crippen molar-refractivity contribution in [1.82, 2.24) is 0 Å². The van der Waals surface area contributed by atoms with E-state index in [1.54, 1.807) is 42.5 Å². The summed E-state index contributed by atoms with van der Waals surface area (Å²) in [5, 5.41) is 4.42. The lowest BCUT2D eigenvalue weighted by Gasteiger charge is -2.22. The molecule has 0 fully saturated rings. The van der Waals surface area contributed by atoms with Crippen LogP contribution in [-0.2, 0) is 16.6 Å². The summed E-state index contributed by atoms with van der Waals surface area (Å²) in [6, 6.07) is 20.2. The summed E-state index contributed by atoms with van der Waals surface area (Å²) < 4.78 is 27.4. The van der Waals surface area contributed by atoms with E-state index in [-0.39, 0.29) is 12.5 Å². The third-order valence-corrected chi connectivity index (χ3v) is 7.88. The summed E-state index contributed by atoms with van der Waals surface area (Å²) in [6.45, 7) is 4.10. The highest BCUT2D eigenvalue weighted by atomic mass is 35.5. The van der Waals surface area contributed by atoms with Crippen LogP contribution in [0, 0.1) is 13.8 Å². The third-order valence-electron chi connectivity index (χ3n) is 5.37. The molecule has 1 amide bonds. The summed E-state index contributed by atoms with van der Waals surface area (Å²) in [7, 11) is -3.53. The van der Waals surface area contributed by atoms with Crippen LogP contribution in [-0.4, -0.2) is 20.6 Å². The monoisotopic (exact) mass is 498 g/mol. The Morgan fingerprint density at radius 3 is 2.30 bits per heavy atom. The lowest BCUT2D eigenvalue weighted by atomic mass is 10.1. The maximum absolute atomic E-state index is 12.9. The van der Waals surface area contributed by atoms with Gasteiger partial charge in [-0.15, -0.1) is 11.3 Å². The van der Waals surface area contributed by atoms with Crippen LogP contribution in [0.1, 0.15) is 26.4 Å². The lowest BCUT2D eigenvalue weighted by molar-refractivity contribution is 0.103. The molecule has 1 heterocycles. The van der Waals surface area contributed by atoms with Crippen LogP contribution < -0.4 is 9.62 Å². The molecule has 0 unspecified atom stereocenters. The van der Waals surface area contributed by atoms with Gasteiger partial charge in [-0.2, -0.15) is 0 Å². The lowest BCUT2D eigenvalue weighted by Crippen LogP contribution is -2.29. The number of rotatable bonds is 6. The smallest absolute Gasteiger partial charge is 0.265 e. The zero-order chi connectivity index (χ0) is 23.8. The molecule has 0 aliphatic carbocycles. The normalized spacial score (nSPS) is 11.5. The first-order chi connectivity index (χ1) is 15.6. The fourth-order valence-electron chi connectivity index (χ4n) is 3.64. The van der Waals surface area contributed by atoms with Gasteiger partial charge >= 0.3 is 0 Å². The number of hydrogen-bond acceptors (Lipinski definition) is 4. The molecule has 0 saturated carbocycles. The molecular formula is C25H23ClN2O3S2. The third kappa shape index (κ3) is 5.21. The molecule has 4 rings (SSSR count). The van der Waals surface area contributed by atoms with E-state index in [2.05, 4.69) is 5.32 Å². The molecule has 0 atom stereocenters. The number of hydrogen-bond donors (Lipinski definition) is 1. The van der Waals surface area contributed by atoms with Crippen LogP contribution in [0.5, 0.6) is 0 Å². The zero-order valence-corrected chi connectivity index (χ0v) is 20.8. The van der Waals surface area contributed by atoms with Crippen molar-refractivity contribution < 1.29 is 13.2 Å². The van der Waals surface area contributed by atoms with Gasteiger partial charge in [-0.3, -0.25) is 9.10 Å². The average molecular weight is 499 g/mol. The summed E-state index contributed by atoms with van der Waals surface area (Å²) in [5.74, 6) is -0.184. The molecule has 4 aromatic rings. The number of benzene rings is 3. The molecule has 0 aliphatic heterocycles. The molecule has 0 radical (unpaired) electrons. The quantitative estimate of drug-likeness (QED) is 0.335. The van der Waals surface area contributed by atoms with Gasteiger partial charge in [-0.05, 0) is 72.3 Å². The molecule has 1 N–H and O–H groups in total. The SMILES string of the molecule is Cc1cccc(C)c1NC(=O)c1cc2cc(N(Cc3ccc(Cl)cc3)S(C)(=O)=O)ccc2s1. The van der Waals surface area contributed by atoms with Gasteiger partial charge in [0.05, 0.1) is 23.4 Å². The number of aryl methyl sites for hydroxylation is 2. The molecule has 0 saturated heterocycles. The van der Waals surface area contributed by atoms with E-state index < -0.39 is 10.0 Å². The van der Waals surface area contributed by atoms with Crippen molar-refractivity contribution >= 4 is 60.3 Å². The van der Waals surface area contributed by atoms with Gasteiger partial charge in [0.2, 0.25) is 10.0 Å². The number of amides is 1. The Labute approximate surface area is 202 Å². The fourth-order valence-corrected chi connectivity index (χ4v) is 5.58. The number of nitrogens with one attached hydrogen (secondary N) is 1. The number of thiophene rings is 1. The molecule has 3 aromatic carbocycles. The molecule has 5 nitrogen and oxygen atoms in total. The Bertz CT molecular complexity index is 1420. The number of halogens is 1. The van der Waals surface area contributed by atoms with Gasteiger partial charge in [0.15, 0.2) is 0 Å². The van der Waals surface area contributed by atoms with E-state index in [1.165, 1.54) is 21.9 Å². The maximum Gasteiger partial charge on any atom is 0.265 e. The van der Waals surface area contributed by atoms with E-state index in [1.807, 2.05) is 38.1 Å². The minimum atomic E-state index is -3.53. The number of carbonyl (C=O) groups is 1. The Morgan fingerprint density at radius 2 is 1.67 bits per heavy atom. The molecule has 0 spiro atoms. The number of nitrogens with zero attached hydrogens (tertiary/aromatic N) is 1. The van der Waals surface area contributed by atoms with Crippen molar-refractivity contribution in [3.63, 3.8) is 0 Å². The second kappa shape index (κ2) is 9.17. The number of para-hydroxylation sites is 1. The second-order valence-corrected chi connectivity index (χ2v) is 11.4. The van der Waals surface area contributed by atoms with Gasteiger partial charge in [0.1, 0.15) is 0 Å². The second-order valence-electron chi connectivity index (χ2n) is 7.95. The van der Waals surface area contributed by atoms with Gasteiger partial charge < -0.3 is 5.32 Å². The molecule has 8 heteroatoms. The summed E-state index contributed by atoms with van der Waals surface area (Å²) in [5.41, 5.74) is 4.17. The fraction of sp³-hybridized carbons (Fsp3) is 0.160. The molecule has 170 valence electrons. The zero-order valence-electron chi connectivity index (χ0n) is 18.4. The summed E-state index contributed by atoms with van der Waals surface area (Å²) in [6.07, 6.45) is 1.18. The number of carbonyl (C=O) groups excluding carboxylic acids is 1. The highest BCUT2D eigenvalue weighted by Crippen LogP contribution is 2.32. The minimum absolute atomic E-state index is 0.184. The predicted octanol–water partition coefficient (Wildman–Crippen LogP) is 6.39. The highest BCUT2D eigenvalue weighted by molar-refractivity contribution is 7.92. The van der Waals surface area contributed by atoms with Crippen molar-refractivity contribution in [2.24, 2.45) is 0 Å². The number of fused-ring (bicyclic) bond motifs is 1. The van der Waals surface area contributed by atoms with E-state index in [0.29, 0.717) is 15.6 Å². The predicted molar refractivity (Wildman–Crippen MR) is 138 cm³/mol. The Morgan fingerprint density at radius 1 is 1.00 bits per heavy atom. The van der Waals surface area contributed by atoms with Gasteiger partial charge in [0.25, 0.3) is 5.91 Å². The highest BCUT2D eigenvalue weighted by Gasteiger charge is 2.20. The van der Waals surface area contributed by atoms with E-state index >= 15 is 0 Å². The van der Waals surface area contributed by atoms with Crippen LogP contribution in [0.2, 0.25) is 5.02 Å². The largest absolute Gasteiger partial charge is 0.321 e. The first-order valence-electron chi connectivity index (χ1n) is 10.2.